The van der Waals surface area contributed by atoms with Crippen LogP contribution in [-0.4, -0.2) is 35.7 Å². The van der Waals surface area contributed by atoms with E-state index >= 15 is 0 Å². The minimum atomic E-state index is -1.19. The Morgan fingerprint density at radius 2 is 1.81 bits per heavy atom. The Balaban J connectivity index is 0. The van der Waals surface area contributed by atoms with Crippen molar-refractivity contribution in [3.8, 4) is 0 Å². The minimum absolute atomic E-state index is 0. The van der Waals surface area contributed by atoms with Crippen molar-refractivity contribution in [2.45, 2.75) is 45.1 Å². The Bertz CT molecular complexity index is 225. The van der Waals surface area contributed by atoms with Crippen molar-refractivity contribution < 1.29 is 38.9 Å². The molecule has 2 unspecified atom stereocenters. The topological polar surface area (TPSA) is 67.8 Å². The van der Waals surface area contributed by atoms with Crippen LogP contribution < -0.4 is 5.32 Å². The Labute approximate surface area is 110 Å². The maximum absolute atomic E-state index is 11.4. The van der Waals surface area contributed by atoms with E-state index in [0.717, 1.165) is 0 Å². The zero-order chi connectivity index (χ0) is 12.3. The summed E-state index contributed by atoms with van der Waals surface area (Å²) in [7, 11) is 1.32. The summed E-state index contributed by atoms with van der Waals surface area (Å²) in [5.41, 5.74) is -1.73. The van der Waals surface area contributed by atoms with Gasteiger partial charge in [0.2, 0.25) is 0 Å². The van der Waals surface area contributed by atoms with Gasteiger partial charge in [-0.3, -0.25) is 0 Å². The van der Waals surface area contributed by atoms with Crippen molar-refractivity contribution in [1.29, 1.82) is 0 Å². The molecular formula is C10H20NO4Zn-. The van der Waals surface area contributed by atoms with Gasteiger partial charge < -0.3 is 26.8 Å². The largest absolute Gasteiger partial charge is 0.444 e. The van der Waals surface area contributed by atoms with E-state index in [1.807, 2.05) is 0 Å². The predicted octanol–water partition coefficient (Wildman–Crippen LogP) is 1.07. The second kappa shape index (κ2) is 6.52. The van der Waals surface area contributed by atoms with Crippen molar-refractivity contribution in [1.82, 2.24) is 5.32 Å². The van der Waals surface area contributed by atoms with E-state index in [0.29, 0.717) is 0 Å². The van der Waals surface area contributed by atoms with Gasteiger partial charge in [0.1, 0.15) is 11.9 Å². The van der Waals surface area contributed by atoms with Crippen molar-refractivity contribution >= 4 is 6.09 Å². The van der Waals surface area contributed by atoms with Crippen LogP contribution in [0.4, 0.5) is 4.79 Å². The number of rotatable bonds is 3. The van der Waals surface area contributed by atoms with Crippen LogP contribution in [-0.2, 0) is 29.0 Å². The molecule has 0 aliphatic rings. The Morgan fingerprint density at radius 3 is 2.12 bits per heavy atom. The molecule has 0 radical (unpaired) electrons. The third kappa shape index (κ3) is 7.15. The van der Waals surface area contributed by atoms with Gasteiger partial charge in [-0.2, -0.15) is 0 Å². The second-order valence-electron chi connectivity index (χ2n) is 4.63. The summed E-state index contributed by atoms with van der Waals surface area (Å²) in [5.74, 6) is 0. The molecule has 0 aromatic heterocycles. The molecule has 6 heteroatoms. The average molecular weight is 284 g/mol. The first-order chi connectivity index (χ1) is 6.58. The molecule has 0 spiro atoms. The van der Waals surface area contributed by atoms with Gasteiger partial charge in [0.25, 0.3) is 0 Å². The summed E-state index contributed by atoms with van der Waals surface area (Å²) >= 11 is 0. The first-order valence-corrected chi connectivity index (χ1v) is 4.66. The van der Waals surface area contributed by atoms with Crippen molar-refractivity contribution in [3.05, 3.63) is 6.92 Å². The number of hydrogen-bond acceptors (Lipinski definition) is 4. The van der Waals surface area contributed by atoms with Crippen LogP contribution in [0.3, 0.4) is 0 Å². The summed E-state index contributed by atoms with van der Waals surface area (Å²) in [6, 6.07) is 0. The molecule has 0 fully saturated rings. The number of methoxy groups -OCH3 is 1. The van der Waals surface area contributed by atoms with E-state index < -0.39 is 23.5 Å². The number of hydrogen-bond donors (Lipinski definition) is 2. The van der Waals surface area contributed by atoms with Gasteiger partial charge in [0, 0.05) is 26.6 Å². The van der Waals surface area contributed by atoms with Crippen molar-refractivity contribution in [2.24, 2.45) is 0 Å². The van der Waals surface area contributed by atoms with Gasteiger partial charge in [-0.05, 0) is 26.3 Å². The van der Waals surface area contributed by atoms with Gasteiger partial charge in [-0.25, -0.2) is 4.79 Å². The molecule has 16 heavy (non-hydrogen) atoms. The zero-order valence-corrected chi connectivity index (χ0v) is 13.6. The van der Waals surface area contributed by atoms with E-state index in [9.17, 15) is 9.90 Å². The molecule has 0 rings (SSSR count). The van der Waals surface area contributed by atoms with Crippen LogP contribution in [0.5, 0.6) is 0 Å². The minimum Gasteiger partial charge on any atom is -0.444 e. The van der Waals surface area contributed by atoms with Crippen molar-refractivity contribution in [3.63, 3.8) is 0 Å². The van der Waals surface area contributed by atoms with E-state index in [-0.39, 0.29) is 19.5 Å². The molecule has 0 aliphatic heterocycles. The number of nitrogens with one attached hydrogen (secondary N) is 1. The monoisotopic (exact) mass is 282 g/mol. The van der Waals surface area contributed by atoms with E-state index in [2.05, 4.69) is 17.0 Å². The summed E-state index contributed by atoms with van der Waals surface area (Å²) < 4.78 is 9.68. The van der Waals surface area contributed by atoms with Crippen LogP contribution in [0.25, 0.3) is 0 Å². The molecule has 0 aromatic rings. The van der Waals surface area contributed by atoms with E-state index in [1.54, 1.807) is 20.8 Å². The van der Waals surface area contributed by atoms with Gasteiger partial charge in [-0.15, -0.1) is 0 Å². The van der Waals surface area contributed by atoms with Crippen LogP contribution >= 0.6 is 0 Å². The maximum Gasteiger partial charge on any atom is 0.405 e. The van der Waals surface area contributed by atoms with Crippen LogP contribution in [0.1, 0.15) is 27.7 Å². The van der Waals surface area contributed by atoms with Gasteiger partial charge in [-0.1, -0.05) is 6.92 Å². The molecule has 0 aromatic carbocycles. The molecular weight excluding hydrogens is 264 g/mol. The van der Waals surface area contributed by atoms with Crippen LogP contribution in [0.2, 0.25) is 0 Å². The number of aliphatic hydroxyl groups is 1. The third-order valence-electron chi connectivity index (χ3n) is 1.55. The number of aliphatic hydroxyl groups excluding tert-OH is 1. The van der Waals surface area contributed by atoms with Gasteiger partial charge in [0.15, 0.2) is 0 Å². The second-order valence-corrected chi connectivity index (χ2v) is 4.63. The molecule has 1 amide bonds. The summed E-state index contributed by atoms with van der Waals surface area (Å²) in [6.45, 7) is 10.4. The van der Waals surface area contributed by atoms with Gasteiger partial charge in [0.05, 0.1) is 0 Å². The average Bonchev–Trinajstić information content (AvgIpc) is 1.97. The molecule has 0 bridgehead atoms. The van der Waals surface area contributed by atoms with Crippen LogP contribution in [0.15, 0.2) is 0 Å². The van der Waals surface area contributed by atoms with E-state index in [1.165, 1.54) is 14.0 Å². The summed E-state index contributed by atoms with van der Waals surface area (Å²) in [4.78, 5) is 11.4. The van der Waals surface area contributed by atoms with Crippen LogP contribution in [0, 0.1) is 6.92 Å². The zero-order valence-electron chi connectivity index (χ0n) is 10.7. The van der Waals surface area contributed by atoms with Gasteiger partial charge >= 0.3 is 6.09 Å². The molecule has 2 N–H and O–H groups in total. The number of amides is 1. The predicted molar refractivity (Wildman–Crippen MR) is 56.1 cm³/mol. The summed E-state index contributed by atoms with van der Waals surface area (Å²) in [5, 5.41) is 11.8. The third-order valence-corrected chi connectivity index (χ3v) is 1.55. The molecule has 0 saturated carbocycles. The quantitative estimate of drug-likeness (QED) is 0.462. The molecule has 0 heterocycles. The Morgan fingerprint density at radius 1 is 1.38 bits per heavy atom. The first-order valence-electron chi connectivity index (χ1n) is 4.66. The Kier molecular flexibility index (Phi) is 7.42. The fourth-order valence-electron chi connectivity index (χ4n) is 0.859. The first kappa shape index (κ1) is 18.2. The Hall–Kier alpha value is -0.187. The molecule has 5 nitrogen and oxygen atoms in total. The normalized spacial score (nSPS) is 16.7. The molecule has 0 saturated heterocycles. The van der Waals surface area contributed by atoms with Crippen molar-refractivity contribution in [2.75, 3.05) is 7.11 Å². The number of alkyl carbamates (subject to hydrolysis) is 1. The fraction of sp³-hybridized carbons (Fsp3) is 0.800. The number of carbonyl (C=O) groups excluding carboxylic acids is 1. The number of ether oxygens (including phenoxy) is 2. The SMILES string of the molecule is [CH2-]C(C)(NC(=O)OC(C)(C)C)C(O)OC.[Zn]. The number of carbonyl (C=O) groups is 1. The molecule has 0 aliphatic carbocycles. The smallest absolute Gasteiger partial charge is 0.405 e. The standard InChI is InChI=1S/C10H20NO4.Zn/c1-9(2,3)15-8(13)11-10(4,5)7(12)14-6;/h7,12H,4H2,1-3,5-6H3,(H,11,13);/q-1;. The molecule has 92 valence electrons. The van der Waals surface area contributed by atoms with E-state index in [4.69, 9.17) is 4.74 Å². The molecule has 2 atom stereocenters. The maximum atomic E-state index is 11.4. The summed E-state index contributed by atoms with van der Waals surface area (Å²) in [6.07, 6.45) is -1.83. The fourth-order valence-corrected chi connectivity index (χ4v) is 0.859.